The highest BCUT2D eigenvalue weighted by atomic mass is 16.6. The molecule has 458 valence electrons. The number of aliphatic hydroxyl groups is 7. The molecule has 27 heteroatoms. The number of alkyl carbamates (subject to hydrolysis) is 2. The molecule has 3 fully saturated rings. The van der Waals surface area contributed by atoms with Crippen molar-refractivity contribution in [3.63, 3.8) is 0 Å². The van der Waals surface area contributed by atoms with E-state index in [1.807, 2.05) is 48.5 Å². The molecule has 0 spiro atoms. The van der Waals surface area contributed by atoms with Crippen LogP contribution in [-0.2, 0) is 44.7 Å². The quantitative estimate of drug-likeness (QED) is 0.0810. The van der Waals surface area contributed by atoms with Crippen LogP contribution in [0.2, 0.25) is 0 Å². The summed E-state index contributed by atoms with van der Waals surface area (Å²) in [7, 11) is 0. The predicted molar refractivity (Wildman–Crippen MR) is 295 cm³/mol. The fraction of sp³-hybridized carbons (Fsp3) is 0.544. The van der Waals surface area contributed by atoms with Crippen molar-refractivity contribution in [1.82, 2.24) is 41.7 Å². The average molecular weight is 1180 g/mol. The van der Waals surface area contributed by atoms with Gasteiger partial charge < -0.3 is 96.8 Å². The van der Waals surface area contributed by atoms with Crippen LogP contribution in [0.25, 0.3) is 11.1 Å². The highest BCUT2D eigenvalue weighted by Crippen LogP contribution is 2.44. The molecule has 3 heterocycles. The number of phenols is 1. The lowest BCUT2D eigenvalue weighted by Gasteiger charge is -2.34. The minimum Gasteiger partial charge on any atom is -0.504 e. The van der Waals surface area contributed by atoms with Gasteiger partial charge in [0.15, 0.2) is 11.5 Å². The summed E-state index contributed by atoms with van der Waals surface area (Å²) in [6.45, 7) is 4.48. The maximum Gasteiger partial charge on any atom is 0.408 e. The molecule has 3 aromatic rings. The van der Waals surface area contributed by atoms with E-state index in [1.54, 1.807) is 0 Å². The molecule has 4 aliphatic rings. The molecule has 27 nitrogen and oxygen atoms in total. The lowest BCUT2D eigenvalue weighted by Crippen LogP contribution is -2.64. The first-order chi connectivity index (χ1) is 39.8. The molecule has 3 aliphatic heterocycles. The average Bonchev–Trinajstić information content (AvgIpc) is 2.40. The van der Waals surface area contributed by atoms with Gasteiger partial charge in [-0.1, -0.05) is 61.5 Å². The number of ether oxygens (including phenoxy) is 3. The van der Waals surface area contributed by atoms with Crippen LogP contribution in [0.4, 0.5) is 9.59 Å². The number of fused-ring (bicyclic) bond motifs is 5. The fourth-order valence-corrected chi connectivity index (χ4v) is 10.8. The second kappa shape index (κ2) is 27.8. The zero-order valence-corrected chi connectivity index (χ0v) is 47.2. The summed E-state index contributed by atoms with van der Waals surface area (Å²) in [5.74, 6) is -8.69. The summed E-state index contributed by atoms with van der Waals surface area (Å²) in [6, 6.07) is 7.81. The maximum atomic E-state index is 15.1. The van der Waals surface area contributed by atoms with Gasteiger partial charge in [0.25, 0.3) is 0 Å². The molecule has 3 aromatic carbocycles. The monoisotopic (exact) mass is 1180 g/mol. The molecule has 3 saturated heterocycles. The van der Waals surface area contributed by atoms with Crippen LogP contribution in [0.5, 0.6) is 11.5 Å². The predicted octanol–water partition coefficient (Wildman–Crippen LogP) is -2.26. The third-order valence-corrected chi connectivity index (χ3v) is 15.0. The number of benzene rings is 3. The summed E-state index contributed by atoms with van der Waals surface area (Å²) in [6.07, 6.45) is -14.6. The van der Waals surface area contributed by atoms with Crippen molar-refractivity contribution in [2.24, 2.45) is 5.92 Å². The highest BCUT2D eigenvalue weighted by Gasteiger charge is 2.50. The smallest absolute Gasteiger partial charge is 0.408 e. The number of carbonyl (C=O) groups is 8. The molecule has 14 N–H and O–H groups in total. The number of rotatable bonds is 14. The molecule has 1 aliphatic carbocycles. The van der Waals surface area contributed by atoms with E-state index in [2.05, 4.69) is 31.9 Å². The first-order valence-corrected chi connectivity index (χ1v) is 27.8. The Labute approximate surface area is 484 Å². The number of nitrogens with zero attached hydrogens (tertiary/aromatic N) is 2. The number of carbonyl (C=O) groups excluding carboxylic acids is 8. The number of aromatic hydroxyl groups is 1. The molecular weight excluding hydrogens is 1100 g/mol. The number of nitrogens with one attached hydrogen (secondary N) is 6. The van der Waals surface area contributed by atoms with Crippen LogP contribution in [0.1, 0.15) is 76.5 Å². The standard InChI is InChI=1S/C57H76N8O19/c1-28-25-65-47(48(28)73)52(77)59-24-31(68)22-38(60-56(81)84-57(3,4)5)49(74)61-44(29(2)67)53(78)64-26-32(69)23-39(64)50(75)62-45(42(72)20-30-14-15-40(70)43(21-30)82-19-18-66)51(76)63-46(54(65)79)41(71)16-17-58-55(80)83-27-37-35-12-8-6-10-33(35)34-11-7-9-13-36(34)37/h6-15,21,28-29,31-32,37-39,41-42,44-48,66-73H,16-20,22-27H2,1-5H3,(H,58,80)(H,59,77)(H,60,81)(H,61,74)(H,62,75)(H,63,76)/t28-,29+,31+,32+,38-,39-,41+,42+,44-,45-,46-,47-,48-/m0/s1. The Morgan fingerprint density at radius 2 is 1.38 bits per heavy atom. The van der Waals surface area contributed by atoms with E-state index in [-0.39, 0.29) is 49.3 Å². The number of aliphatic hydroxyl groups excluding tert-OH is 7. The normalized spacial score (nSPS) is 26.6. The summed E-state index contributed by atoms with van der Waals surface area (Å²) < 4.78 is 16.4. The Hall–Kier alpha value is -7.66. The minimum atomic E-state index is -2.13. The molecule has 0 aromatic heterocycles. The van der Waals surface area contributed by atoms with Crippen LogP contribution in [0, 0.1) is 5.92 Å². The zero-order valence-electron chi connectivity index (χ0n) is 47.2. The van der Waals surface area contributed by atoms with Crippen molar-refractivity contribution in [3.05, 3.63) is 83.4 Å². The van der Waals surface area contributed by atoms with E-state index < -0.39 is 177 Å². The van der Waals surface area contributed by atoms with Crippen LogP contribution < -0.4 is 36.6 Å². The second-order valence-corrected chi connectivity index (χ2v) is 22.6. The first-order valence-electron chi connectivity index (χ1n) is 27.8. The van der Waals surface area contributed by atoms with Crippen molar-refractivity contribution in [3.8, 4) is 22.6 Å². The van der Waals surface area contributed by atoms with Crippen molar-refractivity contribution >= 4 is 47.6 Å². The van der Waals surface area contributed by atoms with Gasteiger partial charge in [0.1, 0.15) is 55.1 Å². The number of hydrogen-bond acceptors (Lipinski definition) is 19. The van der Waals surface area contributed by atoms with Gasteiger partial charge in [-0.25, -0.2) is 9.59 Å². The minimum absolute atomic E-state index is 0.0719. The van der Waals surface area contributed by atoms with Crippen molar-refractivity contribution in [2.45, 2.75) is 145 Å². The van der Waals surface area contributed by atoms with Gasteiger partial charge in [-0.3, -0.25) is 28.8 Å². The van der Waals surface area contributed by atoms with Crippen LogP contribution in [0.15, 0.2) is 66.7 Å². The Kier molecular flexibility index (Phi) is 21.2. The van der Waals surface area contributed by atoms with Gasteiger partial charge in [-0.15, -0.1) is 0 Å². The summed E-state index contributed by atoms with van der Waals surface area (Å²) in [5, 5.41) is 103. The molecule has 0 radical (unpaired) electrons. The second-order valence-electron chi connectivity index (χ2n) is 22.6. The summed E-state index contributed by atoms with van der Waals surface area (Å²) in [4.78, 5) is 115. The molecule has 13 atom stereocenters. The maximum absolute atomic E-state index is 15.1. The Bertz CT molecular complexity index is 2840. The Balaban J connectivity index is 1.22. The van der Waals surface area contributed by atoms with Gasteiger partial charge in [-0.2, -0.15) is 0 Å². The van der Waals surface area contributed by atoms with E-state index >= 15 is 4.79 Å². The van der Waals surface area contributed by atoms with Crippen LogP contribution in [0.3, 0.4) is 0 Å². The van der Waals surface area contributed by atoms with Gasteiger partial charge >= 0.3 is 12.2 Å². The van der Waals surface area contributed by atoms with E-state index in [4.69, 9.17) is 14.2 Å². The number of amides is 8. The van der Waals surface area contributed by atoms with Crippen molar-refractivity contribution in [2.75, 3.05) is 46.0 Å². The Morgan fingerprint density at radius 1 is 0.750 bits per heavy atom. The van der Waals surface area contributed by atoms with Gasteiger partial charge in [0.05, 0.1) is 43.2 Å². The lowest BCUT2D eigenvalue weighted by molar-refractivity contribution is -0.147. The lowest BCUT2D eigenvalue weighted by atomic mass is 9.98. The largest absolute Gasteiger partial charge is 0.504 e. The third-order valence-electron chi connectivity index (χ3n) is 15.0. The third kappa shape index (κ3) is 15.6. The fourth-order valence-electron chi connectivity index (χ4n) is 10.8. The molecule has 0 saturated carbocycles. The number of phenolic OH excluding ortho intramolecular Hbond substituents is 1. The number of hydrogen-bond donors (Lipinski definition) is 14. The van der Waals surface area contributed by atoms with Crippen molar-refractivity contribution in [1.29, 1.82) is 0 Å². The highest BCUT2D eigenvalue weighted by molar-refractivity contribution is 5.98. The number of β-amino-alcohol motifs (C(OH)–C–C–N with tert-alkyl or cyclic N) is 1. The molecule has 84 heavy (non-hydrogen) atoms. The van der Waals surface area contributed by atoms with E-state index in [0.717, 1.165) is 39.0 Å². The zero-order chi connectivity index (χ0) is 61.3. The molecule has 7 rings (SSSR count). The Morgan fingerprint density at radius 3 is 2.02 bits per heavy atom. The van der Waals surface area contributed by atoms with E-state index in [9.17, 15) is 74.4 Å². The summed E-state index contributed by atoms with van der Waals surface area (Å²) >= 11 is 0. The molecule has 0 unspecified atom stereocenters. The van der Waals surface area contributed by atoms with E-state index in [0.29, 0.717) is 0 Å². The topological polar surface area (TPSA) is 405 Å². The summed E-state index contributed by atoms with van der Waals surface area (Å²) in [5.41, 5.74) is 2.96. The van der Waals surface area contributed by atoms with Gasteiger partial charge in [0.2, 0.25) is 35.4 Å². The van der Waals surface area contributed by atoms with Gasteiger partial charge in [-0.05, 0) is 74.1 Å². The van der Waals surface area contributed by atoms with E-state index in [1.165, 1.54) is 45.9 Å². The van der Waals surface area contributed by atoms with Crippen LogP contribution >= 0.6 is 0 Å². The SMILES string of the molecule is C[C@@H](O)[C@@H]1NC(=O)[C@@H](NC(=O)OC(C)(C)C)C[C@@H](O)CNC(=O)[C@@H]2[C@@H](O)[C@@H](C)CN2C(=O)[C@H]([C@H](O)CCNC(=O)OCC2c3ccccc3-c3ccccc32)NC(=O)[C@H]([C@H](O)Cc2ccc(O)c(OCCO)c2)NC(=O)[C@@H]2C[C@@H](O)CN2C1=O. The first kappa shape index (κ1) is 63.9. The molecule has 8 amide bonds. The molecule has 0 bridgehead atoms. The van der Waals surface area contributed by atoms with Crippen molar-refractivity contribution < 1.29 is 93.4 Å². The van der Waals surface area contributed by atoms with Gasteiger partial charge in [0, 0.05) is 57.3 Å². The molecular formula is C57H76N8O19. The van der Waals surface area contributed by atoms with Crippen LogP contribution in [-0.4, -0.2) is 223 Å².